The molecule has 0 radical (unpaired) electrons. The Labute approximate surface area is 147 Å². The third-order valence-electron chi connectivity index (χ3n) is 2.96. The van der Waals surface area contributed by atoms with E-state index in [4.69, 9.17) is 0 Å². The fraction of sp³-hybridized carbons (Fsp3) is 0.429. The Balaban J connectivity index is 0.00000220. The van der Waals surface area contributed by atoms with E-state index in [2.05, 4.69) is 20.6 Å². The lowest BCUT2D eigenvalue weighted by molar-refractivity contribution is 0.0946. The predicted octanol–water partition coefficient (Wildman–Crippen LogP) is 3.02. The number of aryl methyl sites for hydroxylation is 1. The van der Waals surface area contributed by atoms with E-state index in [0.29, 0.717) is 12.2 Å². The number of aromatic amines is 1. The van der Waals surface area contributed by atoms with E-state index in [1.54, 1.807) is 11.3 Å². The Hall–Kier alpha value is -1.08. The van der Waals surface area contributed by atoms with Crippen LogP contribution in [0.25, 0.3) is 11.3 Å². The molecule has 0 aliphatic heterocycles. The van der Waals surface area contributed by atoms with Crippen LogP contribution in [0.5, 0.6) is 0 Å². The van der Waals surface area contributed by atoms with Gasteiger partial charge in [-0.3, -0.25) is 4.79 Å². The highest BCUT2D eigenvalue weighted by Gasteiger charge is 2.11. The van der Waals surface area contributed by atoms with Gasteiger partial charge in [0.2, 0.25) is 0 Å². The quantitative estimate of drug-likeness (QED) is 0.737. The topological polar surface area (TPSA) is 69.8 Å². The van der Waals surface area contributed by atoms with Crippen molar-refractivity contribution in [2.45, 2.75) is 26.8 Å². The van der Waals surface area contributed by atoms with Gasteiger partial charge in [0.15, 0.2) is 0 Å². The summed E-state index contributed by atoms with van der Waals surface area (Å²) in [4.78, 5) is 19.4. The first-order chi connectivity index (χ1) is 9.60. The summed E-state index contributed by atoms with van der Waals surface area (Å²) in [6.45, 7) is 7.56. The SMILES string of the molecule is CCN[C@H](C)CNC(=O)c1cc(-c2csc(C)n2)c[nH]1.Cl.Cl. The van der Waals surface area contributed by atoms with Crippen molar-refractivity contribution >= 4 is 42.1 Å². The van der Waals surface area contributed by atoms with Gasteiger partial charge in [0.25, 0.3) is 5.91 Å². The Morgan fingerprint density at radius 3 is 2.77 bits per heavy atom. The van der Waals surface area contributed by atoms with Crippen molar-refractivity contribution in [3.63, 3.8) is 0 Å². The van der Waals surface area contributed by atoms with Crippen molar-refractivity contribution in [2.75, 3.05) is 13.1 Å². The number of H-pyrrole nitrogens is 1. The lowest BCUT2D eigenvalue weighted by Gasteiger charge is -2.12. The first-order valence-corrected chi connectivity index (χ1v) is 7.60. The smallest absolute Gasteiger partial charge is 0.267 e. The number of nitrogens with one attached hydrogen (secondary N) is 3. The van der Waals surface area contributed by atoms with E-state index in [1.807, 2.05) is 38.4 Å². The Morgan fingerprint density at radius 1 is 1.45 bits per heavy atom. The number of aromatic nitrogens is 2. The summed E-state index contributed by atoms with van der Waals surface area (Å²) in [5.74, 6) is -0.0899. The zero-order valence-electron chi connectivity index (χ0n) is 12.8. The zero-order chi connectivity index (χ0) is 14.5. The van der Waals surface area contributed by atoms with Crippen molar-refractivity contribution in [1.29, 1.82) is 0 Å². The summed E-state index contributed by atoms with van der Waals surface area (Å²) in [6.07, 6.45) is 1.82. The monoisotopic (exact) mass is 364 g/mol. The van der Waals surface area contributed by atoms with Crippen LogP contribution in [0, 0.1) is 6.92 Å². The fourth-order valence-electron chi connectivity index (χ4n) is 1.93. The molecule has 1 amide bonds. The van der Waals surface area contributed by atoms with Gasteiger partial charge < -0.3 is 15.6 Å². The van der Waals surface area contributed by atoms with Crippen LogP contribution in [0.3, 0.4) is 0 Å². The van der Waals surface area contributed by atoms with Gasteiger partial charge in [0.05, 0.1) is 10.7 Å². The number of hydrogen-bond acceptors (Lipinski definition) is 4. The van der Waals surface area contributed by atoms with Crippen molar-refractivity contribution in [1.82, 2.24) is 20.6 Å². The van der Waals surface area contributed by atoms with Gasteiger partial charge in [-0.1, -0.05) is 6.92 Å². The minimum atomic E-state index is -0.0899. The van der Waals surface area contributed by atoms with Crippen LogP contribution in [-0.4, -0.2) is 35.0 Å². The van der Waals surface area contributed by atoms with Crippen molar-refractivity contribution in [3.8, 4) is 11.3 Å². The van der Waals surface area contributed by atoms with Gasteiger partial charge >= 0.3 is 0 Å². The fourth-order valence-corrected chi connectivity index (χ4v) is 2.55. The molecular weight excluding hydrogens is 343 g/mol. The normalized spacial score (nSPS) is 11.2. The second-order valence-corrected chi connectivity index (χ2v) is 5.78. The number of halogens is 2. The molecule has 0 aliphatic rings. The average Bonchev–Trinajstić information content (AvgIpc) is 3.04. The van der Waals surface area contributed by atoms with Crippen molar-refractivity contribution in [3.05, 3.63) is 28.3 Å². The van der Waals surface area contributed by atoms with E-state index in [9.17, 15) is 4.79 Å². The maximum Gasteiger partial charge on any atom is 0.267 e. The summed E-state index contributed by atoms with van der Waals surface area (Å²) < 4.78 is 0. The van der Waals surface area contributed by atoms with Crippen LogP contribution < -0.4 is 10.6 Å². The van der Waals surface area contributed by atoms with Gasteiger partial charge in [-0.05, 0) is 26.5 Å². The minimum Gasteiger partial charge on any atom is -0.357 e. The maximum absolute atomic E-state index is 12.0. The zero-order valence-corrected chi connectivity index (χ0v) is 15.3. The minimum absolute atomic E-state index is 0. The Bertz CT molecular complexity index is 585. The molecule has 0 bridgehead atoms. The van der Waals surface area contributed by atoms with Gasteiger partial charge in [0.1, 0.15) is 5.69 Å². The molecule has 8 heteroatoms. The molecular formula is C14H22Cl2N4OS. The van der Waals surface area contributed by atoms with Crippen LogP contribution in [-0.2, 0) is 0 Å². The molecule has 0 aromatic carbocycles. The number of hydrogen-bond donors (Lipinski definition) is 3. The van der Waals surface area contributed by atoms with Gasteiger partial charge in [-0.15, -0.1) is 36.2 Å². The summed E-state index contributed by atoms with van der Waals surface area (Å²) in [5.41, 5.74) is 2.41. The van der Waals surface area contributed by atoms with Crippen molar-refractivity contribution < 1.29 is 4.79 Å². The number of rotatable bonds is 6. The number of likely N-dealkylation sites (N-methyl/N-ethyl adjacent to an activating group) is 1. The molecule has 5 nitrogen and oxygen atoms in total. The molecule has 22 heavy (non-hydrogen) atoms. The lowest BCUT2D eigenvalue weighted by atomic mass is 10.2. The van der Waals surface area contributed by atoms with E-state index < -0.39 is 0 Å². The Kier molecular flexibility index (Phi) is 9.36. The largest absolute Gasteiger partial charge is 0.357 e. The molecule has 1 atom stereocenters. The van der Waals surface area contributed by atoms with Crippen molar-refractivity contribution in [2.24, 2.45) is 0 Å². The molecule has 3 N–H and O–H groups in total. The van der Waals surface area contributed by atoms with Crippen LogP contribution in [0.1, 0.15) is 29.3 Å². The lowest BCUT2D eigenvalue weighted by Crippen LogP contribution is -2.38. The Morgan fingerprint density at radius 2 is 2.18 bits per heavy atom. The number of amides is 1. The summed E-state index contributed by atoms with van der Waals surface area (Å²) in [6, 6.07) is 2.10. The molecule has 2 heterocycles. The summed E-state index contributed by atoms with van der Waals surface area (Å²) >= 11 is 1.60. The standard InChI is InChI=1S/C14H20N4OS.2ClH/c1-4-15-9(2)6-17-14(19)12-5-11(7-16-12)13-8-20-10(3)18-13;;/h5,7-9,15-16H,4,6H2,1-3H3,(H,17,19);2*1H/t9-;;/m1../s1. The molecule has 2 rings (SSSR count). The average molecular weight is 365 g/mol. The van der Waals surface area contributed by atoms with Crippen LogP contribution >= 0.6 is 36.2 Å². The summed E-state index contributed by atoms with van der Waals surface area (Å²) in [7, 11) is 0. The molecule has 0 unspecified atom stereocenters. The molecule has 0 saturated heterocycles. The molecule has 0 fully saturated rings. The van der Waals surface area contributed by atoms with Crippen LogP contribution in [0.2, 0.25) is 0 Å². The van der Waals surface area contributed by atoms with E-state index in [-0.39, 0.29) is 36.8 Å². The number of carbonyl (C=O) groups is 1. The van der Waals surface area contributed by atoms with Gasteiger partial charge in [-0.25, -0.2) is 4.98 Å². The molecule has 2 aromatic heterocycles. The van der Waals surface area contributed by atoms with E-state index in [0.717, 1.165) is 22.8 Å². The number of nitrogens with zero attached hydrogens (tertiary/aromatic N) is 1. The first kappa shape index (κ1) is 20.9. The van der Waals surface area contributed by atoms with Gasteiger partial charge in [-0.2, -0.15) is 0 Å². The number of carbonyl (C=O) groups excluding carboxylic acids is 1. The molecule has 0 spiro atoms. The second kappa shape index (κ2) is 9.84. The summed E-state index contributed by atoms with van der Waals surface area (Å²) in [5, 5.41) is 9.17. The number of thiazole rings is 1. The molecule has 2 aromatic rings. The molecule has 124 valence electrons. The van der Waals surface area contributed by atoms with Gasteiger partial charge in [0, 0.05) is 29.7 Å². The third-order valence-corrected chi connectivity index (χ3v) is 3.74. The maximum atomic E-state index is 12.0. The van der Waals surface area contributed by atoms with Crippen LogP contribution in [0.15, 0.2) is 17.6 Å². The van der Waals surface area contributed by atoms with E-state index >= 15 is 0 Å². The second-order valence-electron chi connectivity index (χ2n) is 4.72. The molecule has 0 saturated carbocycles. The van der Waals surface area contributed by atoms with E-state index in [1.165, 1.54) is 0 Å². The molecule has 0 aliphatic carbocycles. The highest BCUT2D eigenvalue weighted by Crippen LogP contribution is 2.22. The highest BCUT2D eigenvalue weighted by atomic mass is 35.5. The highest BCUT2D eigenvalue weighted by molar-refractivity contribution is 7.09. The first-order valence-electron chi connectivity index (χ1n) is 6.72. The third kappa shape index (κ3) is 5.61. The predicted molar refractivity (Wildman–Crippen MR) is 96.6 cm³/mol. The van der Waals surface area contributed by atoms with Crippen LogP contribution in [0.4, 0.5) is 0 Å².